The highest BCUT2D eigenvalue weighted by Crippen LogP contribution is 2.44. The molecule has 1 aliphatic carbocycles. The van der Waals surface area contributed by atoms with E-state index < -0.39 is 0 Å². The van der Waals surface area contributed by atoms with E-state index >= 15 is 0 Å². The summed E-state index contributed by atoms with van der Waals surface area (Å²) in [5, 5.41) is 3.52. The maximum atomic E-state index is 5.45. The largest absolute Gasteiger partial charge is 0.381 e. The number of hydrogen-bond donors (Lipinski definition) is 1. The fourth-order valence-corrected chi connectivity index (χ4v) is 2.83. The zero-order valence-electron chi connectivity index (χ0n) is 10.7. The van der Waals surface area contributed by atoms with E-state index in [1.54, 1.807) is 7.11 Å². The molecule has 1 fully saturated rings. The smallest absolute Gasteiger partial charge is 0.129 e. The molecule has 3 nitrogen and oxygen atoms in total. The maximum absolute atomic E-state index is 5.45. The van der Waals surface area contributed by atoms with Gasteiger partial charge in [0, 0.05) is 29.2 Å². The number of nitrogens with one attached hydrogen (secondary N) is 1. The van der Waals surface area contributed by atoms with E-state index in [4.69, 9.17) is 4.74 Å². The van der Waals surface area contributed by atoms with Crippen molar-refractivity contribution in [1.29, 1.82) is 0 Å². The molecule has 2 unspecified atom stereocenters. The van der Waals surface area contributed by atoms with E-state index in [0.717, 1.165) is 22.3 Å². The van der Waals surface area contributed by atoms with Crippen molar-refractivity contribution in [2.24, 2.45) is 5.41 Å². The molecule has 0 amide bonds. The molecule has 0 radical (unpaired) electrons. The summed E-state index contributed by atoms with van der Waals surface area (Å²) in [5.41, 5.74) is 1.33. The quantitative estimate of drug-likeness (QED) is 0.929. The Kier molecular flexibility index (Phi) is 3.46. The molecule has 94 valence electrons. The van der Waals surface area contributed by atoms with Crippen LogP contribution in [0.25, 0.3) is 0 Å². The molecular weight excluding hydrogens is 280 g/mol. The number of nitrogens with zero attached hydrogens (tertiary/aromatic N) is 1. The van der Waals surface area contributed by atoms with Crippen LogP contribution in [0.15, 0.2) is 16.7 Å². The monoisotopic (exact) mass is 298 g/mol. The topological polar surface area (TPSA) is 34.1 Å². The first-order valence-corrected chi connectivity index (χ1v) is 6.66. The van der Waals surface area contributed by atoms with Crippen LogP contribution in [0.3, 0.4) is 0 Å². The van der Waals surface area contributed by atoms with Gasteiger partial charge in [-0.2, -0.15) is 0 Å². The average Bonchev–Trinajstić information content (AvgIpc) is 2.26. The van der Waals surface area contributed by atoms with Gasteiger partial charge in [-0.3, -0.25) is 0 Å². The molecule has 1 N–H and O–H groups in total. The first kappa shape index (κ1) is 12.8. The number of halogens is 1. The summed E-state index contributed by atoms with van der Waals surface area (Å²) in [6.45, 7) is 6.53. The Morgan fingerprint density at radius 1 is 1.53 bits per heavy atom. The first-order valence-electron chi connectivity index (χ1n) is 5.86. The number of hydrogen-bond acceptors (Lipinski definition) is 3. The second kappa shape index (κ2) is 4.58. The standard InChI is InChI=1S/C13H19BrN2O/c1-8-5-9(14)7-15-12(8)16-10-6-11(17-4)13(10,2)3/h5,7,10-11H,6H2,1-4H3,(H,15,16). The number of aryl methyl sites for hydroxylation is 1. The molecule has 2 atom stereocenters. The van der Waals surface area contributed by atoms with Crippen LogP contribution in [-0.2, 0) is 4.74 Å². The summed E-state index contributed by atoms with van der Waals surface area (Å²) in [6, 6.07) is 2.51. The zero-order chi connectivity index (χ0) is 12.6. The third-order valence-electron chi connectivity index (χ3n) is 3.82. The molecule has 1 aromatic rings. The Bertz CT molecular complexity index is 420. The van der Waals surface area contributed by atoms with Crippen molar-refractivity contribution in [3.63, 3.8) is 0 Å². The number of rotatable bonds is 3. The van der Waals surface area contributed by atoms with Gasteiger partial charge in [0.05, 0.1) is 6.10 Å². The van der Waals surface area contributed by atoms with Crippen LogP contribution in [-0.4, -0.2) is 24.2 Å². The van der Waals surface area contributed by atoms with Crippen molar-refractivity contribution >= 4 is 21.7 Å². The molecule has 1 aliphatic rings. The Labute approximate surface area is 111 Å². The van der Waals surface area contributed by atoms with Gasteiger partial charge >= 0.3 is 0 Å². The van der Waals surface area contributed by atoms with Crippen molar-refractivity contribution in [2.75, 3.05) is 12.4 Å². The number of aromatic nitrogens is 1. The van der Waals surface area contributed by atoms with E-state index in [0.29, 0.717) is 12.1 Å². The number of anilines is 1. The SMILES string of the molecule is COC1CC(Nc2ncc(Br)cc2C)C1(C)C. The fraction of sp³-hybridized carbons (Fsp3) is 0.615. The molecule has 17 heavy (non-hydrogen) atoms. The minimum absolute atomic E-state index is 0.163. The number of methoxy groups -OCH3 is 1. The van der Waals surface area contributed by atoms with Crippen molar-refractivity contribution in [3.05, 3.63) is 22.3 Å². The van der Waals surface area contributed by atoms with Crippen LogP contribution in [0.2, 0.25) is 0 Å². The highest BCUT2D eigenvalue weighted by Gasteiger charge is 2.48. The summed E-state index contributed by atoms with van der Waals surface area (Å²) in [6.07, 6.45) is 3.21. The van der Waals surface area contributed by atoms with Gasteiger partial charge in [0.1, 0.15) is 5.82 Å². The molecule has 0 aliphatic heterocycles. The van der Waals surface area contributed by atoms with E-state index in [1.165, 1.54) is 0 Å². The van der Waals surface area contributed by atoms with Crippen molar-refractivity contribution in [3.8, 4) is 0 Å². The lowest BCUT2D eigenvalue weighted by Crippen LogP contribution is -2.57. The van der Waals surface area contributed by atoms with E-state index in [1.807, 2.05) is 6.20 Å². The van der Waals surface area contributed by atoms with E-state index in [-0.39, 0.29) is 5.41 Å². The summed E-state index contributed by atoms with van der Waals surface area (Å²) < 4.78 is 6.47. The Hall–Kier alpha value is -0.610. The summed E-state index contributed by atoms with van der Waals surface area (Å²) in [7, 11) is 1.78. The van der Waals surface area contributed by atoms with Crippen molar-refractivity contribution in [2.45, 2.75) is 39.3 Å². The van der Waals surface area contributed by atoms with Crippen molar-refractivity contribution in [1.82, 2.24) is 4.98 Å². The molecule has 4 heteroatoms. The molecule has 1 saturated carbocycles. The van der Waals surface area contributed by atoms with Gasteiger partial charge in [0.25, 0.3) is 0 Å². The number of ether oxygens (including phenoxy) is 1. The minimum Gasteiger partial charge on any atom is -0.381 e. The third kappa shape index (κ3) is 2.33. The van der Waals surface area contributed by atoms with Gasteiger partial charge in [-0.15, -0.1) is 0 Å². The molecular formula is C13H19BrN2O. The van der Waals surface area contributed by atoms with Crippen molar-refractivity contribution < 1.29 is 4.74 Å². The van der Waals surface area contributed by atoms with Crippen LogP contribution in [0, 0.1) is 12.3 Å². The van der Waals surface area contributed by atoms with Crippen LogP contribution in [0.4, 0.5) is 5.82 Å². The summed E-state index contributed by atoms with van der Waals surface area (Å²) in [4.78, 5) is 4.42. The second-order valence-electron chi connectivity index (χ2n) is 5.30. The zero-order valence-corrected chi connectivity index (χ0v) is 12.3. The van der Waals surface area contributed by atoms with Gasteiger partial charge in [-0.05, 0) is 40.9 Å². The van der Waals surface area contributed by atoms with Gasteiger partial charge < -0.3 is 10.1 Å². The molecule has 1 aromatic heterocycles. The van der Waals surface area contributed by atoms with Crippen LogP contribution < -0.4 is 5.32 Å². The van der Waals surface area contributed by atoms with E-state index in [2.05, 4.69) is 53.1 Å². The lowest BCUT2D eigenvalue weighted by molar-refractivity contribution is -0.0795. The molecule has 0 spiro atoms. The fourth-order valence-electron chi connectivity index (χ4n) is 2.39. The summed E-state index contributed by atoms with van der Waals surface area (Å²) >= 11 is 3.43. The molecule has 0 aromatic carbocycles. The highest BCUT2D eigenvalue weighted by molar-refractivity contribution is 9.10. The summed E-state index contributed by atoms with van der Waals surface area (Å²) in [5.74, 6) is 0.973. The van der Waals surface area contributed by atoms with Gasteiger partial charge in [-0.25, -0.2) is 4.98 Å². The molecule has 0 bridgehead atoms. The Morgan fingerprint density at radius 2 is 2.24 bits per heavy atom. The predicted octanol–water partition coefficient (Wildman–Crippen LogP) is 3.38. The maximum Gasteiger partial charge on any atom is 0.129 e. The lowest BCUT2D eigenvalue weighted by atomic mass is 9.64. The Morgan fingerprint density at radius 3 is 2.76 bits per heavy atom. The normalized spacial score (nSPS) is 26.4. The predicted molar refractivity (Wildman–Crippen MR) is 73.3 cm³/mol. The van der Waals surface area contributed by atoms with Crippen LogP contribution in [0.5, 0.6) is 0 Å². The van der Waals surface area contributed by atoms with Gasteiger partial charge in [0.15, 0.2) is 0 Å². The lowest BCUT2D eigenvalue weighted by Gasteiger charge is -2.51. The number of pyridine rings is 1. The molecule has 2 rings (SSSR count). The highest BCUT2D eigenvalue weighted by atomic mass is 79.9. The van der Waals surface area contributed by atoms with Crippen LogP contribution >= 0.6 is 15.9 Å². The Balaban J connectivity index is 2.08. The second-order valence-corrected chi connectivity index (χ2v) is 6.21. The van der Waals surface area contributed by atoms with E-state index in [9.17, 15) is 0 Å². The average molecular weight is 299 g/mol. The minimum atomic E-state index is 0.163. The first-order chi connectivity index (χ1) is 7.95. The van der Waals surface area contributed by atoms with Gasteiger partial charge in [0.2, 0.25) is 0 Å². The third-order valence-corrected chi connectivity index (χ3v) is 4.25. The molecule has 0 saturated heterocycles. The van der Waals surface area contributed by atoms with Crippen LogP contribution in [0.1, 0.15) is 25.8 Å². The van der Waals surface area contributed by atoms with Gasteiger partial charge in [-0.1, -0.05) is 13.8 Å². The molecule has 1 heterocycles.